The second-order valence-electron chi connectivity index (χ2n) is 7.22. The molecule has 0 aliphatic heterocycles. The van der Waals surface area contributed by atoms with Gasteiger partial charge in [-0.05, 0) is 61.3 Å². The minimum Gasteiger partial charge on any atom is -0.317 e. The quantitative estimate of drug-likeness (QED) is 0.830. The highest BCUT2D eigenvalue weighted by Gasteiger charge is 2.38. The fraction of sp³-hybridized carbons (Fsp3) is 0.667. The van der Waals surface area contributed by atoms with Crippen molar-refractivity contribution in [3.8, 4) is 0 Å². The second kappa shape index (κ2) is 6.49. The Labute approximate surface area is 129 Å². The highest BCUT2D eigenvalue weighted by molar-refractivity contribution is 6.30. The first-order valence-corrected chi connectivity index (χ1v) is 8.22. The van der Waals surface area contributed by atoms with Crippen molar-refractivity contribution in [2.45, 2.75) is 52.5 Å². The SMILES string of the molecule is CNC1CC(C)CCC1C(C)(C)Cc1cccc(Cl)c1. The van der Waals surface area contributed by atoms with Gasteiger partial charge in [-0.3, -0.25) is 0 Å². The predicted molar refractivity (Wildman–Crippen MR) is 88.3 cm³/mol. The third-order valence-corrected chi connectivity index (χ3v) is 5.27. The van der Waals surface area contributed by atoms with Gasteiger partial charge in [0.05, 0.1) is 0 Å². The van der Waals surface area contributed by atoms with Crippen LogP contribution >= 0.6 is 11.6 Å². The van der Waals surface area contributed by atoms with Crippen LogP contribution in [-0.4, -0.2) is 13.1 Å². The molecule has 3 unspecified atom stereocenters. The van der Waals surface area contributed by atoms with E-state index in [0.717, 1.165) is 23.3 Å². The molecule has 1 aromatic rings. The lowest BCUT2D eigenvalue weighted by Gasteiger charge is -2.44. The fourth-order valence-electron chi connectivity index (χ4n) is 3.94. The van der Waals surface area contributed by atoms with E-state index in [1.807, 2.05) is 6.07 Å². The van der Waals surface area contributed by atoms with Crippen molar-refractivity contribution in [1.82, 2.24) is 5.32 Å². The number of nitrogens with one attached hydrogen (secondary N) is 1. The number of hydrogen-bond acceptors (Lipinski definition) is 1. The first kappa shape index (κ1) is 15.9. The van der Waals surface area contributed by atoms with Gasteiger partial charge in [0.15, 0.2) is 0 Å². The molecule has 0 spiro atoms. The van der Waals surface area contributed by atoms with Crippen LogP contribution in [0.15, 0.2) is 24.3 Å². The van der Waals surface area contributed by atoms with E-state index in [-0.39, 0.29) is 0 Å². The molecule has 1 aliphatic carbocycles. The number of benzene rings is 1. The summed E-state index contributed by atoms with van der Waals surface area (Å²) in [5.41, 5.74) is 1.66. The second-order valence-corrected chi connectivity index (χ2v) is 7.65. The van der Waals surface area contributed by atoms with E-state index in [9.17, 15) is 0 Å². The highest BCUT2D eigenvalue weighted by Crippen LogP contribution is 2.42. The summed E-state index contributed by atoms with van der Waals surface area (Å²) in [4.78, 5) is 0. The zero-order valence-corrected chi connectivity index (χ0v) is 14.0. The molecule has 0 saturated heterocycles. The Morgan fingerprint density at radius 1 is 1.30 bits per heavy atom. The Kier molecular flexibility index (Phi) is 5.14. The van der Waals surface area contributed by atoms with Crippen molar-refractivity contribution >= 4 is 11.6 Å². The summed E-state index contributed by atoms with van der Waals surface area (Å²) < 4.78 is 0. The standard InChI is InChI=1S/C18H28ClN/c1-13-8-9-16(17(10-13)20-4)18(2,3)12-14-6-5-7-15(19)11-14/h5-7,11,13,16-17,20H,8-10,12H2,1-4H3. The van der Waals surface area contributed by atoms with Crippen LogP contribution in [0.3, 0.4) is 0 Å². The van der Waals surface area contributed by atoms with E-state index in [4.69, 9.17) is 11.6 Å². The van der Waals surface area contributed by atoms with Crippen LogP contribution in [0.5, 0.6) is 0 Å². The summed E-state index contributed by atoms with van der Waals surface area (Å²) in [7, 11) is 2.12. The average molecular weight is 294 g/mol. The Morgan fingerprint density at radius 3 is 2.70 bits per heavy atom. The van der Waals surface area contributed by atoms with Gasteiger partial charge in [0.1, 0.15) is 0 Å². The normalized spacial score (nSPS) is 27.6. The topological polar surface area (TPSA) is 12.0 Å². The summed E-state index contributed by atoms with van der Waals surface area (Å²) in [6, 6.07) is 8.98. The summed E-state index contributed by atoms with van der Waals surface area (Å²) in [6.45, 7) is 7.21. The van der Waals surface area contributed by atoms with E-state index in [2.05, 4.69) is 51.3 Å². The molecular formula is C18H28ClN. The highest BCUT2D eigenvalue weighted by atomic mass is 35.5. The molecular weight excluding hydrogens is 266 g/mol. The van der Waals surface area contributed by atoms with Gasteiger partial charge in [-0.15, -0.1) is 0 Å². The molecule has 0 radical (unpaired) electrons. The van der Waals surface area contributed by atoms with E-state index < -0.39 is 0 Å². The van der Waals surface area contributed by atoms with Crippen LogP contribution in [0.2, 0.25) is 5.02 Å². The first-order chi connectivity index (χ1) is 9.42. The van der Waals surface area contributed by atoms with Crippen LogP contribution in [0.4, 0.5) is 0 Å². The van der Waals surface area contributed by atoms with Crippen LogP contribution in [0, 0.1) is 17.3 Å². The van der Waals surface area contributed by atoms with Crippen molar-refractivity contribution in [3.05, 3.63) is 34.9 Å². The minimum absolute atomic E-state index is 0.304. The fourth-order valence-corrected chi connectivity index (χ4v) is 4.15. The Bertz CT molecular complexity index is 441. The smallest absolute Gasteiger partial charge is 0.0408 e. The van der Waals surface area contributed by atoms with Gasteiger partial charge in [0, 0.05) is 11.1 Å². The van der Waals surface area contributed by atoms with Crippen molar-refractivity contribution in [2.75, 3.05) is 7.05 Å². The van der Waals surface area contributed by atoms with Gasteiger partial charge >= 0.3 is 0 Å². The molecule has 1 nitrogen and oxygen atoms in total. The molecule has 1 aromatic carbocycles. The number of halogens is 1. The maximum atomic E-state index is 6.12. The molecule has 1 aliphatic rings. The lowest BCUT2D eigenvalue weighted by Crippen LogP contribution is -2.46. The minimum atomic E-state index is 0.304. The Morgan fingerprint density at radius 2 is 2.05 bits per heavy atom. The molecule has 2 heteroatoms. The molecule has 112 valence electrons. The largest absolute Gasteiger partial charge is 0.317 e. The monoisotopic (exact) mass is 293 g/mol. The van der Waals surface area contributed by atoms with Gasteiger partial charge in [-0.25, -0.2) is 0 Å². The zero-order chi connectivity index (χ0) is 14.8. The molecule has 1 N–H and O–H groups in total. The summed E-state index contributed by atoms with van der Waals surface area (Å²) in [5.74, 6) is 1.59. The molecule has 0 amide bonds. The van der Waals surface area contributed by atoms with E-state index in [0.29, 0.717) is 11.5 Å². The molecule has 0 bridgehead atoms. The Balaban J connectivity index is 2.12. The van der Waals surface area contributed by atoms with E-state index in [1.165, 1.54) is 24.8 Å². The zero-order valence-electron chi connectivity index (χ0n) is 13.2. The van der Waals surface area contributed by atoms with Crippen molar-refractivity contribution in [3.63, 3.8) is 0 Å². The van der Waals surface area contributed by atoms with Gasteiger partial charge in [-0.2, -0.15) is 0 Å². The predicted octanol–water partition coefficient (Wildman–Crippen LogP) is 4.93. The molecule has 1 fully saturated rings. The molecule has 2 rings (SSSR count). The Hall–Kier alpha value is -0.530. The lowest BCUT2D eigenvalue weighted by atomic mass is 9.64. The van der Waals surface area contributed by atoms with Crippen LogP contribution in [-0.2, 0) is 6.42 Å². The molecule has 0 aromatic heterocycles. The summed E-state index contributed by atoms with van der Waals surface area (Å²) >= 11 is 6.12. The van der Waals surface area contributed by atoms with Gasteiger partial charge < -0.3 is 5.32 Å². The van der Waals surface area contributed by atoms with Crippen molar-refractivity contribution in [1.29, 1.82) is 0 Å². The lowest BCUT2D eigenvalue weighted by molar-refractivity contribution is 0.0980. The maximum absolute atomic E-state index is 6.12. The van der Waals surface area contributed by atoms with Crippen LogP contribution in [0.1, 0.15) is 45.6 Å². The van der Waals surface area contributed by atoms with E-state index >= 15 is 0 Å². The van der Waals surface area contributed by atoms with Gasteiger partial charge in [0.25, 0.3) is 0 Å². The average Bonchev–Trinajstić information content (AvgIpc) is 2.37. The third kappa shape index (κ3) is 3.77. The molecule has 3 atom stereocenters. The number of hydrogen-bond donors (Lipinski definition) is 1. The maximum Gasteiger partial charge on any atom is 0.0408 e. The summed E-state index contributed by atoms with van der Waals surface area (Å²) in [5, 5.41) is 4.41. The third-order valence-electron chi connectivity index (χ3n) is 5.04. The first-order valence-electron chi connectivity index (χ1n) is 7.84. The molecule has 20 heavy (non-hydrogen) atoms. The van der Waals surface area contributed by atoms with Gasteiger partial charge in [-0.1, -0.05) is 50.9 Å². The van der Waals surface area contributed by atoms with Crippen LogP contribution in [0.25, 0.3) is 0 Å². The molecule has 1 saturated carbocycles. The van der Waals surface area contributed by atoms with Crippen LogP contribution < -0.4 is 5.32 Å². The molecule has 0 heterocycles. The van der Waals surface area contributed by atoms with E-state index in [1.54, 1.807) is 0 Å². The summed E-state index contributed by atoms with van der Waals surface area (Å²) in [6.07, 6.45) is 5.10. The van der Waals surface area contributed by atoms with Gasteiger partial charge in [0.2, 0.25) is 0 Å². The van der Waals surface area contributed by atoms with Crippen molar-refractivity contribution in [2.24, 2.45) is 17.3 Å². The number of rotatable bonds is 4. The van der Waals surface area contributed by atoms with Crippen molar-refractivity contribution < 1.29 is 0 Å².